The molecule has 0 bridgehead atoms. The number of carbonyl (C=O) groups is 1. The van der Waals surface area contributed by atoms with Gasteiger partial charge >= 0.3 is 0 Å². The molecule has 3 N–H and O–H groups in total. The predicted molar refractivity (Wildman–Crippen MR) is 98.0 cm³/mol. The summed E-state index contributed by atoms with van der Waals surface area (Å²) in [7, 11) is 0. The van der Waals surface area contributed by atoms with Crippen LogP contribution < -0.4 is 10.9 Å². The van der Waals surface area contributed by atoms with Gasteiger partial charge in [-0.1, -0.05) is 36.4 Å². The number of para-hydroxylation sites is 1. The first-order valence-electron chi connectivity index (χ1n) is 8.65. The first kappa shape index (κ1) is 16.5. The Morgan fingerprint density at radius 1 is 1.19 bits per heavy atom. The Hall–Kier alpha value is -2.99. The first-order valence-corrected chi connectivity index (χ1v) is 8.65. The highest BCUT2D eigenvalue weighted by Gasteiger charge is 2.34. The molecule has 1 amide bonds. The largest absolute Gasteiger partial charge is 0.383 e. The van der Waals surface area contributed by atoms with E-state index >= 15 is 0 Å². The number of aryl methyl sites for hydroxylation is 1. The summed E-state index contributed by atoms with van der Waals surface area (Å²) in [5.41, 5.74) is 0.951. The Bertz CT molecular complexity index is 1040. The molecule has 1 aliphatic rings. The molecule has 0 radical (unpaired) electrons. The van der Waals surface area contributed by atoms with Crippen molar-refractivity contribution in [3.63, 3.8) is 0 Å². The Labute approximate surface area is 149 Å². The third kappa shape index (κ3) is 2.88. The molecule has 0 spiro atoms. The Kier molecular flexibility index (Phi) is 4.05. The number of H-pyrrole nitrogens is 1. The quantitative estimate of drug-likeness (QED) is 0.673. The summed E-state index contributed by atoms with van der Waals surface area (Å²) in [5.74, 6) is -0.564. The fourth-order valence-electron chi connectivity index (χ4n) is 3.59. The van der Waals surface area contributed by atoms with Crippen molar-refractivity contribution in [2.45, 2.75) is 24.9 Å². The zero-order chi connectivity index (χ0) is 18.1. The van der Waals surface area contributed by atoms with Crippen LogP contribution in [0.2, 0.25) is 0 Å². The number of hydrogen-bond donors (Lipinski definition) is 3. The molecule has 1 aromatic heterocycles. The maximum Gasteiger partial charge on any atom is 0.287 e. The molecule has 3 aromatic rings. The van der Waals surface area contributed by atoms with Crippen molar-refractivity contribution >= 4 is 16.8 Å². The minimum Gasteiger partial charge on any atom is -0.383 e. The van der Waals surface area contributed by atoms with Gasteiger partial charge in [-0.25, -0.2) is 4.98 Å². The number of nitrogens with one attached hydrogen (secondary N) is 2. The van der Waals surface area contributed by atoms with Crippen molar-refractivity contribution in [3.8, 4) is 0 Å². The van der Waals surface area contributed by atoms with E-state index in [0.29, 0.717) is 17.3 Å². The van der Waals surface area contributed by atoms with E-state index < -0.39 is 11.5 Å². The molecular weight excluding hydrogens is 330 g/mol. The van der Waals surface area contributed by atoms with Crippen LogP contribution in [0.15, 0.2) is 53.3 Å². The van der Waals surface area contributed by atoms with Crippen molar-refractivity contribution in [1.82, 2.24) is 15.3 Å². The normalized spacial score (nSPS) is 19.1. The van der Waals surface area contributed by atoms with E-state index in [4.69, 9.17) is 0 Å². The van der Waals surface area contributed by atoms with Gasteiger partial charge in [0.05, 0.1) is 17.4 Å². The second kappa shape index (κ2) is 6.38. The monoisotopic (exact) mass is 349 g/mol. The van der Waals surface area contributed by atoms with E-state index in [9.17, 15) is 14.7 Å². The van der Waals surface area contributed by atoms with Crippen LogP contribution in [0, 0.1) is 0 Å². The first-order chi connectivity index (χ1) is 12.6. The third-order valence-corrected chi connectivity index (χ3v) is 4.92. The third-order valence-electron chi connectivity index (χ3n) is 4.92. The standard InChI is InChI=1S/C20H19N3O3/c24-18-14-8-2-4-10-16(14)22-17(23-18)19(25)21-12-20(26)11-5-7-13-6-1-3-9-15(13)20/h1-4,6,8-10,26H,5,7,11-12H2,(H,21,25)(H,22,23,24). The molecule has 1 unspecified atom stereocenters. The highest BCUT2D eigenvalue weighted by Crippen LogP contribution is 2.34. The lowest BCUT2D eigenvalue weighted by Crippen LogP contribution is -2.43. The van der Waals surface area contributed by atoms with Gasteiger partial charge in [0.1, 0.15) is 5.60 Å². The highest BCUT2D eigenvalue weighted by molar-refractivity contribution is 5.92. The summed E-state index contributed by atoms with van der Waals surface area (Å²) in [6.07, 6.45) is 2.35. The molecule has 132 valence electrons. The minimum absolute atomic E-state index is 0.0543. The maximum absolute atomic E-state index is 12.5. The van der Waals surface area contributed by atoms with Gasteiger partial charge in [0.2, 0.25) is 0 Å². The topological polar surface area (TPSA) is 95.1 Å². The minimum atomic E-state index is -1.11. The van der Waals surface area contributed by atoms with Crippen molar-refractivity contribution < 1.29 is 9.90 Å². The summed E-state index contributed by atoms with van der Waals surface area (Å²) in [4.78, 5) is 31.3. The van der Waals surface area contributed by atoms with Gasteiger partial charge in [-0.05, 0) is 42.5 Å². The number of hydrogen-bond acceptors (Lipinski definition) is 4. The smallest absolute Gasteiger partial charge is 0.287 e. The van der Waals surface area contributed by atoms with Gasteiger partial charge in [-0.3, -0.25) is 9.59 Å². The van der Waals surface area contributed by atoms with E-state index in [0.717, 1.165) is 24.0 Å². The van der Waals surface area contributed by atoms with Crippen LogP contribution in [0.4, 0.5) is 0 Å². The molecule has 4 rings (SSSR count). The van der Waals surface area contributed by atoms with Crippen LogP contribution >= 0.6 is 0 Å². The number of aromatic amines is 1. The summed E-state index contributed by atoms with van der Waals surface area (Å²) in [6.45, 7) is 0.0688. The lowest BCUT2D eigenvalue weighted by molar-refractivity contribution is 0.0188. The molecule has 6 nitrogen and oxygen atoms in total. The van der Waals surface area contributed by atoms with E-state index in [1.807, 2.05) is 24.3 Å². The highest BCUT2D eigenvalue weighted by atomic mass is 16.3. The number of nitrogens with zero attached hydrogens (tertiary/aromatic N) is 1. The molecule has 0 saturated carbocycles. The van der Waals surface area contributed by atoms with E-state index in [1.54, 1.807) is 24.3 Å². The van der Waals surface area contributed by atoms with Gasteiger partial charge in [-0.15, -0.1) is 0 Å². The number of benzene rings is 2. The van der Waals surface area contributed by atoms with Crippen LogP contribution in [0.5, 0.6) is 0 Å². The van der Waals surface area contributed by atoms with Crippen molar-refractivity contribution in [1.29, 1.82) is 0 Å². The average molecular weight is 349 g/mol. The number of amides is 1. The van der Waals surface area contributed by atoms with E-state index in [2.05, 4.69) is 15.3 Å². The molecular formula is C20H19N3O3. The molecule has 0 saturated heterocycles. The lowest BCUT2D eigenvalue weighted by atomic mass is 9.79. The second-order valence-electron chi connectivity index (χ2n) is 6.66. The van der Waals surface area contributed by atoms with Gasteiger partial charge in [0, 0.05) is 0 Å². The van der Waals surface area contributed by atoms with Crippen LogP contribution in [0.3, 0.4) is 0 Å². The number of aromatic nitrogens is 2. The average Bonchev–Trinajstić information content (AvgIpc) is 2.66. The fraction of sp³-hybridized carbons (Fsp3) is 0.250. The zero-order valence-corrected chi connectivity index (χ0v) is 14.2. The van der Waals surface area contributed by atoms with E-state index in [1.165, 1.54) is 0 Å². The maximum atomic E-state index is 12.5. The predicted octanol–water partition coefficient (Wildman–Crippen LogP) is 1.88. The number of fused-ring (bicyclic) bond motifs is 2. The van der Waals surface area contributed by atoms with Gasteiger partial charge < -0.3 is 15.4 Å². The number of carbonyl (C=O) groups excluding carboxylic acids is 1. The molecule has 26 heavy (non-hydrogen) atoms. The molecule has 0 fully saturated rings. The lowest BCUT2D eigenvalue weighted by Gasteiger charge is -2.34. The molecule has 0 aliphatic heterocycles. The second-order valence-corrected chi connectivity index (χ2v) is 6.66. The van der Waals surface area contributed by atoms with Crippen molar-refractivity contribution in [2.75, 3.05) is 6.54 Å². The van der Waals surface area contributed by atoms with E-state index in [-0.39, 0.29) is 17.9 Å². The van der Waals surface area contributed by atoms with Crippen molar-refractivity contribution in [2.24, 2.45) is 0 Å². The summed E-state index contributed by atoms with van der Waals surface area (Å²) in [5, 5.41) is 14.2. The van der Waals surface area contributed by atoms with Gasteiger partial charge in [0.25, 0.3) is 11.5 Å². The van der Waals surface area contributed by atoms with Crippen LogP contribution in [-0.4, -0.2) is 27.5 Å². The van der Waals surface area contributed by atoms with Crippen molar-refractivity contribution in [3.05, 3.63) is 75.8 Å². The Morgan fingerprint density at radius 2 is 1.96 bits per heavy atom. The molecule has 6 heteroatoms. The SMILES string of the molecule is O=C(NCC1(O)CCCc2ccccc21)c1nc2ccccc2c(=O)[nH]1. The summed E-state index contributed by atoms with van der Waals surface area (Å²) >= 11 is 0. The molecule has 2 aromatic carbocycles. The van der Waals surface area contributed by atoms with Crippen LogP contribution in [0.1, 0.15) is 34.6 Å². The number of aliphatic hydroxyl groups is 1. The molecule has 1 heterocycles. The number of rotatable bonds is 3. The van der Waals surface area contributed by atoms with Gasteiger partial charge in [-0.2, -0.15) is 0 Å². The Morgan fingerprint density at radius 3 is 2.85 bits per heavy atom. The molecule has 1 aliphatic carbocycles. The van der Waals surface area contributed by atoms with Crippen LogP contribution in [-0.2, 0) is 12.0 Å². The summed E-state index contributed by atoms with van der Waals surface area (Å²) in [6, 6.07) is 14.6. The Balaban J connectivity index is 1.57. The van der Waals surface area contributed by atoms with Gasteiger partial charge in [0.15, 0.2) is 5.82 Å². The zero-order valence-electron chi connectivity index (χ0n) is 14.2. The summed E-state index contributed by atoms with van der Waals surface area (Å²) < 4.78 is 0. The van der Waals surface area contributed by atoms with Crippen LogP contribution in [0.25, 0.3) is 10.9 Å². The fourth-order valence-corrected chi connectivity index (χ4v) is 3.59. The molecule has 1 atom stereocenters.